The van der Waals surface area contributed by atoms with Gasteiger partial charge in [0.05, 0.1) is 0 Å². The minimum atomic E-state index is 1.16. The van der Waals surface area contributed by atoms with Gasteiger partial charge in [-0.3, -0.25) is 0 Å². The molecule has 0 saturated carbocycles. The number of rotatable bonds is 2. The van der Waals surface area contributed by atoms with Crippen LogP contribution in [0.2, 0.25) is 0 Å². The minimum Gasteiger partial charge on any atom is -0.0836 e. The Kier molecular flexibility index (Phi) is 8.75. The molecular weight excluding hydrogens is 276 g/mol. The molecule has 0 atom stereocenters. The summed E-state index contributed by atoms with van der Waals surface area (Å²) < 4.78 is 0. The van der Waals surface area contributed by atoms with Gasteiger partial charge in [-0.05, 0) is 42.0 Å². The Hall–Kier alpha value is -2.08. The second-order valence-electron chi connectivity index (χ2n) is 5.08. The molecule has 0 N–H and O–H groups in total. The van der Waals surface area contributed by atoms with E-state index in [2.05, 4.69) is 73.7 Å². The molecule has 2 aromatic rings. The summed E-state index contributed by atoms with van der Waals surface area (Å²) in [7, 11) is 0. The van der Waals surface area contributed by atoms with Crippen LogP contribution in [0, 0.1) is 6.92 Å². The van der Waals surface area contributed by atoms with Gasteiger partial charge in [-0.25, -0.2) is 0 Å². The van der Waals surface area contributed by atoms with Gasteiger partial charge in [0.25, 0.3) is 0 Å². The van der Waals surface area contributed by atoms with Crippen LogP contribution in [-0.4, -0.2) is 0 Å². The molecule has 0 heteroatoms. The second-order valence-corrected chi connectivity index (χ2v) is 5.08. The number of hydrogen-bond acceptors (Lipinski definition) is 0. The van der Waals surface area contributed by atoms with Crippen LogP contribution >= 0.6 is 0 Å². The molecule has 23 heavy (non-hydrogen) atoms. The topological polar surface area (TPSA) is 0 Å². The molecule has 0 aromatic heterocycles. The fraction of sp³-hybridized carbons (Fsp3) is 0.304. The number of allylic oxidation sites excluding steroid dienone is 4. The highest BCUT2D eigenvalue weighted by molar-refractivity contribution is 5.76. The third-order valence-corrected chi connectivity index (χ3v) is 3.60. The van der Waals surface area contributed by atoms with Crippen LogP contribution in [0.5, 0.6) is 0 Å². The van der Waals surface area contributed by atoms with Crippen molar-refractivity contribution in [3.05, 3.63) is 77.9 Å². The fourth-order valence-corrected chi connectivity index (χ4v) is 2.43. The Morgan fingerprint density at radius 2 is 1.09 bits per heavy atom. The third-order valence-electron chi connectivity index (χ3n) is 3.60. The second kappa shape index (κ2) is 10.6. The smallest absolute Gasteiger partial charge is 0.0184 e. The van der Waals surface area contributed by atoms with Crippen LogP contribution in [-0.2, 0) is 0 Å². The van der Waals surface area contributed by atoms with Crippen molar-refractivity contribution in [3.63, 3.8) is 0 Å². The van der Waals surface area contributed by atoms with E-state index >= 15 is 0 Å². The molecule has 2 aromatic carbocycles. The highest BCUT2D eigenvalue weighted by Crippen LogP contribution is 2.25. The molecule has 1 aliphatic rings. The lowest BCUT2D eigenvalue weighted by Crippen LogP contribution is -1.86. The lowest BCUT2D eigenvalue weighted by atomic mass is 9.97. The van der Waals surface area contributed by atoms with E-state index in [0.717, 1.165) is 6.42 Å². The zero-order valence-corrected chi connectivity index (χ0v) is 15.3. The molecule has 122 valence electrons. The van der Waals surface area contributed by atoms with E-state index in [1.807, 2.05) is 27.7 Å². The van der Waals surface area contributed by atoms with Crippen LogP contribution in [0.3, 0.4) is 0 Å². The first-order chi connectivity index (χ1) is 11.3. The summed E-state index contributed by atoms with van der Waals surface area (Å²) in [5, 5.41) is 0. The molecule has 0 bridgehead atoms. The fourth-order valence-electron chi connectivity index (χ4n) is 2.43. The summed E-state index contributed by atoms with van der Waals surface area (Å²) in [6, 6.07) is 17.6. The number of aryl methyl sites for hydroxylation is 1. The Balaban J connectivity index is 0.000000615. The minimum absolute atomic E-state index is 1.16. The number of hydrogen-bond donors (Lipinski definition) is 0. The molecule has 0 saturated heterocycles. The lowest BCUT2D eigenvalue weighted by Gasteiger charge is -2.08. The Labute approximate surface area is 142 Å². The normalized spacial score (nSPS) is 12.3. The van der Waals surface area contributed by atoms with E-state index in [-0.39, 0.29) is 0 Å². The summed E-state index contributed by atoms with van der Waals surface area (Å²) in [4.78, 5) is 0. The van der Waals surface area contributed by atoms with Crippen molar-refractivity contribution >= 4 is 5.57 Å². The number of benzene rings is 2. The van der Waals surface area contributed by atoms with E-state index in [0.29, 0.717) is 0 Å². The summed E-state index contributed by atoms with van der Waals surface area (Å²) in [5.41, 5.74) is 6.53. The Bertz CT molecular complexity index is 610. The van der Waals surface area contributed by atoms with Gasteiger partial charge >= 0.3 is 0 Å². The van der Waals surface area contributed by atoms with Crippen LogP contribution in [0.1, 0.15) is 51.7 Å². The van der Waals surface area contributed by atoms with Gasteiger partial charge in [0.15, 0.2) is 0 Å². The zero-order chi connectivity index (χ0) is 17.1. The molecule has 0 amide bonds. The van der Waals surface area contributed by atoms with Crippen molar-refractivity contribution in [1.82, 2.24) is 0 Å². The van der Waals surface area contributed by atoms with E-state index in [1.165, 1.54) is 34.2 Å². The molecular formula is C23H30. The molecule has 0 heterocycles. The zero-order valence-electron chi connectivity index (χ0n) is 15.3. The third kappa shape index (κ3) is 5.56. The van der Waals surface area contributed by atoms with E-state index in [9.17, 15) is 0 Å². The molecule has 3 rings (SSSR count). The van der Waals surface area contributed by atoms with Crippen LogP contribution < -0.4 is 0 Å². The largest absolute Gasteiger partial charge is 0.0836 e. The van der Waals surface area contributed by atoms with E-state index in [4.69, 9.17) is 0 Å². The van der Waals surface area contributed by atoms with Crippen LogP contribution in [0.15, 0.2) is 66.8 Å². The van der Waals surface area contributed by atoms with Gasteiger partial charge in [-0.2, -0.15) is 0 Å². The molecule has 0 radical (unpaired) electrons. The lowest BCUT2D eigenvalue weighted by molar-refractivity contribution is 1.04. The van der Waals surface area contributed by atoms with Crippen molar-refractivity contribution in [2.75, 3.05) is 0 Å². The van der Waals surface area contributed by atoms with Gasteiger partial charge in [0, 0.05) is 0 Å². The first-order valence-corrected chi connectivity index (χ1v) is 8.87. The molecule has 0 aliphatic heterocycles. The predicted octanol–water partition coefficient (Wildman–Crippen LogP) is 7.45. The maximum absolute atomic E-state index is 2.32. The maximum Gasteiger partial charge on any atom is -0.0184 e. The van der Waals surface area contributed by atoms with Crippen molar-refractivity contribution in [1.29, 1.82) is 0 Å². The summed E-state index contributed by atoms with van der Waals surface area (Å²) >= 11 is 0. The summed E-state index contributed by atoms with van der Waals surface area (Å²) in [5.74, 6) is 0. The van der Waals surface area contributed by atoms with E-state index in [1.54, 1.807) is 0 Å². The SMILES string of the molecule is CC.CC.Cc1ccc(-c2ccc(C3=CCCC=C3)cc2)cc1. The van der Waals surface area contributed by atoms with Gasteiger partial charge in [0.2, 0.25) is 0 Å². The average molecular weight is 306 g/mol. The molecule has 1 aliphatic carbocycles. The van der Waals surface area contributed by atoms with Gasteiger partial charge < -0.3 is 0 Å². The van der Waals surface area contributed by atoms with Crippen LogP contribution in [0.25, 0.3) is 16.7 Å². The Morgan fingerprint density at radius 1 is 0.609 bits per heavy atom. The summed E-state index contributed by atoms with van der Waals surface area (Å²) in [6.07, 6.45) is 9.13. The summed E-state index contributed by atoms with van der Waals surface area (Å²) in [6.45, 7) is 10.1. The van der Waals surface area contributed by atoms with Crippen molar-refractivity contribution in [3.8, 4) is 11.1 Å². The maximum atomic E-state index is 2.32. The quantitative estimate of drug-likeness (QED) is 0.540. The van der Waals surface area contributed by atoms with Gasteiger partial charge in [-0.15, -0.1) is 0 Å². The molecule has 0 spiro atoms. The predicted molar refractivity (Wildman–Crippen MR) is 106 cm³/mol. The van der Waals surface area contributed by atoms with Gasteiger partial charge in [0.1, 0.15) is 0 Å². The van der Waals surface area contributed by atoms with Crippen molar-refractivity contribution < 1.29 is 0 Å². The van der Waals surface area contributed by atoms with Gasteiger partial charge in [-0.1, -0.05) is 100 Å². The molecule has 0 fully saturated rings. The molecule has 0 unspecified atom stereocenters. The first-order valence-electron chi connectivity index (χ1n) is 8.87. The van der Waals surface area contributed by atoms with Crippen LogP contribution in [0.4, 0.5) is 0 Å². The Morgan fingerprint density at radius 3 is 1.57 bits per heavy atom. The van der Waals surface area contributed by atoms with Crippen molar-refractivity contribution in [2.45, 2.75) is 47.5 Å². The van der Waals surface area contributed by atoms with Crippen molar-refractivity contribution in [2.24, 2.45) is 0 Å². The average Bonchev–Trinajstić information content (AvgIpc) is 2.67. The molecule has 0 nitrogen and oxygen atoms in total. The monoisotopic (exact) mass is 306 g/mol. The van der Waals surface area contributed by atoms with E-state index < -0.39 is 0 Å². The highest BCUT2D eigenvalue weighted by atomic mass is 14.1. The highest BCUT2D eigenvalue weighted by Gasteiger charge is 2.02. The first kappa shape index (κ1) is 19.0. The standard InChI is InChI=1S/C19H18.2C2H6/c1-15-7-9-17(10-8-15)19-13-11-18(12-14-19)16-5-3-2-4-6-16;2*1-2/h3,5-14H,2,4H2,1H3;2*1-2H3.